The number of anilines is 1. The molecule has 2 aromatic carbocycles. The van der Waals surface area contributed by atoms with Crippen LogP contribution in [0.3, 0.4) is 0 Å². The molecule has 3 aliphatic rings. The quantitative estimate of drug-likeness (QED) is 0.431. The van der Waals surface area contributed by atoms with Gasteiger partial charge >= 0.3 is 0 Å². The van der Waals surface area contributed by atoms with E-state index < -0.39 is 0 Å². The average molecular weight is 500 g/mol. The Hall–Kier alpha value is -3.23. The summed E-state index contributed by atoms with van der Waals surface area (Å²) in [5, 5.41) is 18.4. The maximum atomic E-state index is 12.6. The second kappa shape index (κ2) is 10.6. The third-order valence-electron chi connectivity index (χ3n) is 8.28. The molecule has 3 N–H and O–H groups in total. The van der Waals surface area contributed by atoms with Gasteiger partial charge in [-0.2, -0.15) is 0 Å². The fourth-order valence-corrected chi connectivity index (χ4v) is 6.29. The largest absolute Gasteiger partial charge is 0.356 e. The number of rotatable bonds is 8. The second-order valence-corrected chi connectivity index (χ2v) is 10.7. The molecular formula is C29H37N7O. The Morgan fingerprint density at radius 1 is 1.05 bits per heavy atom. The predicted octanol–water partition coefficient (Wildman–Crippen LogP) is 4.20. The highest BCUT2D eigenvalue weighted by Gasteiger charge is 2.48. The van der Waals surface area contributed by atoms with Crippen molar-refractivity contribution < 1.29 is 4.79 Å². The molecule has 1 saturated heterocycles. The van der Waals surface area contributed by atoms with Crippen LogP contribution >= 0.6 is 0 Å². The van der Waals surface area contributed by atoms with Crippen LogP contribution in [0.25, 0.3) is 0 Å². The summed E-state index contributed by atoms with van der Waals surface area (Å²) in [6, 6.07) is 21.3. The van der Waals surface area contributed by atoms with Gasteiger partial charge in [-0.25, -0.2) is 5.43 Å². The molecule has 3 aromatic rings. The van der Waals surface area contributed by atoms with Crippen molar-refractivity contribution in [1.82, 2.24) is 30.8 Å². The SMILES string of the molecule is CC(CNC(=O)CCCc1nnc2n1C1CCCCC1C1NC(c3ccccc3)NN21)c1ccccc1. The molecule has 1 saturated carbocycles. The van der Waals surface area contributed by atoms with Crippen molar-refractivity contribution in [2.75, 3.05) is 11.6 Å². The minimum absolute atomic E-state index is 0.0578. The van der Waals surface area contributed by atoms with Gasteiger partial charge in [0.05, 0.1) is 0 Å². The van der Waals surface area contributed by atoms with Gasteiger partial charge in [0.15, 0.2) is 0 Å². The number of benzene rings is 2. The zero-order chi connectivity index (χ0) is 25.2. The van der Waals surface area contributed by atoms with E-state index in [1.54, 1.807) is 0 Å². The van der Waals surface area contributed by atoms with Crippen molar-refractivity contribution in [2.45, 2.75) is 76.2 Å². The Morgan fingerprint density at radius 3 is 2.62 bits per heavy atom. The summed E-state index contributed by atoms with van der Waals surface area (Å²) < 4.78 is 2.37. The Balaban J connectivity index is 1.10. The van der Waals surface area contributed by atoms with Gasteiger partial charge in [0.2, 0.25) is 11.9 Å². The standard InChI is InChI=1S/C29H37N7O/c1-20(21-11-4-2-5-12-21)19-30-26(37)18-10-17-25-32-33-29-35(25)24-16-9-8-15-23(24)28-31-27(34-36(28)29)22-13-6-3-7-14-22/h2-7,11-14,20,23-24,27-28,31,34H,8-10,15-19H2,1H3,(H,30,37). The molecule has 0 bridgehead atoms. The topological polar surface area (TPSA) is 87.1 Å². The second-order valence-electron chi connectivity index (χ2n) is 10.7. The number of hydrogen-bond donors (Lipinski definition) is 3. The summed E-state index contributed by atoms with van der Waals surface area (Å²) in [7, 11) is 0. The van der Waals surface area contributed by atoms with Crippen LogP contribution in [0.1, 0.15) is 80.5 Å². The normalized spacial score (nSPS) is 25.2. The molecule has 2 fully saturated rings. The summed E-state index contributed by atoms with van der Waals surface area (Å²) in [5.74, 6) is 2.80. The fraction of sp³-hybridized carbons (Fsp3) is 0.483. The summed E-state index contributed by atoms with van der Waals surface area (Å²) in [5.41, 5.74) is 6.13. The zero-order valence-electron chi connectivity index (χ0n) is 21.5. The monoisotopic (exact) mass is 499 g/mol. The van der Waals surface area contributed by atoms with E-state index in [2.05, 4.69) is 85.2 Å². The number of carbonyl (C=O) groups is 1. The summed E-state index contributed by atoms with van der Waals surface area (Å²) >= 11 is 0. The third kappa shape index (κ3) is 4.88. The average Bonchev–Trinajstić information content (AvgIpc) is 3.58. The van der Waals surface area contributed by atoms with Crippen molar-refractivity contribution in [2.24, 2.45) is 5.92 Å². The zero-order valence-corrected chi connectivity index (χ0v) is 21.5. The van der Waals surface area contributed by atoms with E-state index >= 15 is 0 Å². The van der Waals surface area contributed by atoms with E-state index in [1.807, 2.05) is 18.2 Å². The predicted molar refractivity (Wildman–Crippen MR) is 144 cm³/mol. The third-order valence-corrected chi connectivity index (χ3v) is 8.28. The Kier molecular flexibility index (Phi) is 6.93. The van der Waals surface area contributed by atoms with Crippen LogP contribution in [0.4, 0.5) is 5.95 Å². The molecule has 194 valence electrons. The van der Waals surface area contributed by atoms with Crippen LogP contribution in [-0.2, 0) is 11.2 Å². The number of nitrogens with zero attached hydrogens (tertiary/aromatic N) is 4. The van der Waals surface area contributed by atoms with Gasteiger partial charge in [0.25, 0.3) is 0 Å². The number of aromatic nitrogens is 3. The van der Waals surface area contributed by atoms with Gasteiger partial charge in [0, 0.05) is 31.3 Å². The van der Waals surface area contributed by atoms with Crippen LogP contribution in [0.2, 0.25) is 0 Å². The fourth-order valence-electron chi connectivity index (χ4n) is 6.29. The number of hydrazine groups is 1. The van der Waals surface area contributed by atoms with Crippen molar-refractivity contribution in [3.8, 4) is 0 Å². The van der Waals surface area contributed by atoms with Gasteiger partial charge in [0.1, 0.15) is 18.2 Å². The number of hydrogen-bond acceptors (Lipinski definition) is 6. The molecule has 1 aromatic heterocycles. The lowest BCUT2D eigenvalue weighted by Crippen LogP contribution is -2.53. The molecule has 8 heteroatoms. The van der Waals surface area contributed by atoms with Crippen LogP contribution < -0.4 is 21.1 Å². The van der Waals surface area contributed by atoms with Gasteiger partial charge in [-0.1, -0.05) is 80.4 Å². The van der Waals surface area contributed by atoms with E-state index in [1.165, 1.54) is 30.4 Å². The molecule has 5 unspecified atom stereocenters. The molecular weight excluding hydrogens is 462 g/mol. The molecule has 8 nitrogen and oxygen atoms in total. The van der Waals surface area contributed by atoms with Crippen molar-refractivity contribution >= 4 is 11.9 Å². The van der Waals surface area contributed by atoms with Gasteiger partial charge < -0.3 is 5.32 Å². The number of carbonyl (C=O) groups excluding carboxylic acids is 1. The Bertz CT molecular complexity index is 1200. The molecule has 0 radical (unpaired) electrons. The van der Waals surface area contributed by atoms with Gasteiger partial charge in [-0.15, -0.1) is 10.2 Å². The van der Waals surface area contributed by atoms with Gasteiger partial charge in [-0.05, 0) is 36.3 Å². The van der Waals surface area contributed by atoms with E-state index in [0.29, 0.717) is 30.8 Å². The van der Waals surface area contributed by atoms with Crippen molar-refractivity contribution in [3.05, 3.63) is 77.6 Å². The Labute approximate surface area is 218 Å². The van der Waals surface area contributed by atoms with Crippen LogP contribution in [0.15, 0.2) is 60.7 Å². The summed E-state index contributed by atoms with van der Waals surface area (Å²) in [6.07, 6.45) is 7.14. The first-order chi connectivity index (χ1) is 18.2. The lowest BCUT2D eigenvalue weighted by atomic mass is 9.81. The van der Waals surface area contributed by atoms with E-state index in [9.17, 15) is 4.79 Å². The molecule has 1 aliphatic carbocycles. The summed E-state index contributed by atoms with van der Waals surface area (Å²) in [6.45, 7) is 2.81. The Morgan fingerprint density at radius 2 is 1.81 bits per heavy atom. The maximum Gasteiger partial charge on any atom is 0.243 e. The first kappa shape index (κ1) is 24.1. The minimum Gasteiger partial charge on any atom is -0.356 e. The van der Waals surface area contributed by atoms with E-state index in [-0.39, 0.29) is 18.2 Å². The van der Waals surface area contributed by atoms with Crippen molar-refractivity contribution in [3.63, 3.8) is 0 Å². The molecule has 3 heterocycles. The lowest BCUT2D eigenvalue weighted by molar-refractivity contribution is -0.121. The number of aryl methyl sites for hydroxylation is 1. The summed E-state index contributed by atoms with van der Waals surface area (Å²) in [4.78, 5) is 12.6. The molecule has 2 aliphatic heterocycles. The maximum absolute atomic E-state index is 12.6. The molecule has 1 amide bonds. The number of amides is 1. The van der Waals surface area contributed by atoms with Crippen LogP contribution in [-0.4, -0.2) is 33.4 Å². The first-order valence-corrected chi connectivity index (χ1v) is 13.8. The number of nitrogens with one attached hydrogen (secondary N) is 3. The minimum atomic E-state index is 0.0578. The first-order valence-electron chi connectivity index (χ1n) is 13.8. The molecule has 0 spiro atoms. The molecule has 6 rings (SSSR count). The van der Waals surface area contributed by atoms with Gasteiger partial charge in [-0.3, -0.25) is 19.7 Å². The molecule has 5 atom stereocenters. The van der Waals surface area contributed by atoms with E-state index in [0.717, 1.165) is 31.0 Å². The van der Waals surface area contributed by atoms with E-state index in [4.69, 9.17) is 0 Å². The van der Waals surface area contributed by atoms with Crippen LogP contribution in [0.5, 0.6) is 0 Å². The smallest absolute Gasteiger partial charge is 0.243 e. The number of fused-ring (bicyclic) bond motifs is 6. The highest BCUT2D eigenvalue weighted by Crippen LogP contribution is 2.45. The van der Waals surface area contributed by atoms with Crippen LogP contribution in [0, 0.1) is 5.92 Å². The van der Waals surface area contributed by atoms with Crippen molar-refractivity contribution in [1.29, 1.82) is 0 Å². The molecule has 37 heavy (non-hydrogen) atoms. The lowest BCUT2D eigenvalue weighted by Gasteiger charge is -2.44. The highest BCUT2D eigenvalue weighted by atomic mass is 16.1. The highest BCUT2D eigenvalue weighted by molar-refractivity contribution is 5.75.